The van der Waals surface area contributed by atoms with Crippen molar-refractivity contribution in [1.29, 1.82) is 0 Å². The molecular formula is C17H26N4O. The van der Waals surface area contributed by atoms with Gasteiger partial charge in [-0.2, -0.15) is 5.10 Å². The van der Waals surface area contributed by atoms with Crippen LogP contribution in [0, 0.1) is 23.7 Å². The van der Waals surface area contributed by atoms with Crippen LogP contribution in [0.4, 0.5) is 0 Å². The van der Waals surface area contributed by atoms with E-state index in [0.29, 0.717) is 17.7 Å². The molecule has 0 aromatic carbocycles. The lowest BCUT2D eigenvalue weighted by Gasteiger charge is -2.18. The van der Waals surface area contributed by atoms with Crippen LogP contribution in [0.3, 0.4) is 0 Å². The monoisotopic (exact) mass is 302 g/mol. The van der Waals surface area contributed by atoms with Crippen molar-refractivity contribution in [3.63, 3.8) is 0 Å². The van der Waals surface area contributed by atoms with Crippen LogP contribution in [-0.4, -0.2) is 40.2 Å². The Morgan fingerprint density at radius 2 is 2.05 bits per heavy atom. The van der Waals surface area contributed by atoms with Crippen LogP contribution in [0.15, 0.2) is 12.4 Å². The van der Waals surface area contributed by atoms with E-state index in [2.05, 4.69) is 21.5 Å². The van der Waals surface area contributed by atoms with Crippen molar-refractivity contribution in [3.05, 3.63) is 18.0 Å². The molecule has 22 heavy (non-hydrogen) atoms. The van der Waals surface area contributed by atoms with E-state index in [1.807, 2.05) is 17.9 Å². The highest BCUT2D eigenvalue weighted by atomic mass is 16.1. The Bertz CT molecular complexity index is 537. The summed E-state index contributed by atoms with van der Waals surface area (Å²) in [5.41, 5.74) is 1.29. The number of fused-ring (bicyclic) bond motifs is 1. The lowest BCUT2D eigenvalue weighted by atomic mass is 10.0. The molecule has 2 aliphatic carbocycles. The summed E-state index contributed by atoms with van der Waals surface area (Å²) < 4.78 is 1.87. The van der Waals surface area contributed by atoms with Crippen molar-refractivity contribution < 1.29 is 4.79 Å². The predicted molar refractivity (Wildman–Crippen MR) is 83.9 cm³/mol. The number of carbonyl (C=O) groups is 1. The quantitative estimate of drug-likeness (QED) is 0.894. The first-order valence-electron chi connectivity index (χ1n) is 8.65. The Hall–Kier alpha value is -1.36. The number of aryl methyl sites for hydroxylation is 1. The molecule has 2 heterocycles. The fraction of sp³-hybridized carbons (Fsp3) is 0.765. The SMILES string of the molecule is Cn1cc(CN2C[C@H]3CC(C(=O)NCC4CC4)C[C@H]3C2)cn1. The number of hydrogen-bond donors (Lipinski definition) is 1. The van der Waals surface area contributed by atoms with Crippen LogP contribution >= 0.6 is 0 Å². The molecule has 1 aromatic heterocycles. The molecule has 2 saturated carbocycles. The van der Waals surface area contributed by atoms with E-state index < -0.39 is 0 Å². The summed E-state index contributed by atoms with van der Waals surface area (Å²) in [7, 11) is 1.97. The molecule has 3 aliphatic rings. The molecule has 4 rings (SSSR count). The Labute approximate surface area is 132 Å². The van der Waals surface area contributed by atoms with Crippen LogP contribution in [0.25, 0.3) is 0 Å². The molecular weight excluding hydrogens is 276 g/mol. The van der Waals surface area contributed by atoms with Gasteiger partial charge in [0.15, 0.2) is 0 Å². The number of hydrogen-bond acceptors (Lipinski definition) is 3. The minimum Gasteiger partial charge on any atom is -0.356 e. The zero-order valence-electron chi connectivity index (χ0n) is 13.4. The maximum Gasteiger partial charge on any atom is 0.223 e. The number of nitrogens with one attached hydrogen (secondary N) is 1. The molecule has 3 atom stereocenters. The summed E-state index contributed by atoms with van der Waals surface area (Å²) >= 11 is 0. The largest absolute Gasteiger partial charge is 0.356 e. The van der Waals surface area contributed by atoms with Crippen LogP contribution < -0.4 is 5.32 Å². The molecule has 5 nitrogen and oxygen atoms in total. The van der Waals surface area contributed by atoms with Gasteiger partial charge >= 0.3 is 0 Å². The molecule has 5 heteroatoms. The predicted octanol–water partition coefficient (Wildman–Crippen LogP) is 1.40. The first-order chi connectivity index (χ1) is 10.7. The summed E-state index contributed by atoms with van der Waals surface area (Å²) in [5.74, 6) is 2.80. The van der Waals surface area contributed by atoms with Gasteiger partial charge in [-0.1, -0.05) is 0 Å². The average molecular weight is 302 g/mol. The van der Waals surface area contributed by atoms with Gasteiger partial charge in [0.05, 0.1) is 6.20 Å². The fourth-order valence-electron chi connectivity index (χ4n) is 4.26. The second-order valence-corrected chi connectivity index (χ2v) is 7.59. The Morgan fingerprint density at radius 3 is 2.64 bits per heavy atom. The molecule has 0 spiro atoms. The first kappa shape index (κ1) is 14.2. The minimum atomic E-state index is 0.272. The second-order valence-electron chi connectivity index (χ2n) is 7.59. The topological polar surface area (TPSA) is 50.2 Å². The normalized spacial score (nSPS) is 31.4. The van der Waals surface area contributed by atoms with E-state index in [4.69, 9.17) is 0 Å². The van der Waals surface area contributed by atoms with Crippen LogP contribution in [-0.2, 0) is 18.4 Å². The number of likely N-dealkylation sites (tertiary alicyclic amines) is 1. The lowest BCUT2D eigenvalue weighted by molar-refractivity contribution is -0.125. The standard InChI is InChI=1S/C17H26N4O/c1-20-8-13(7-19-20)9-21-10-15-4-14(5-16(15)11-21)17(22)18-6-12-2-3-12/h7-8,12,14-16H,2-6,9-11H2,1H3,(H,18,22)/t14?,15-,16+. The molecule has 1 saturated heterocycles. The van der Waals surface area contributed by atoms with E-state index in [1.54, 1.807) is 0 Å². The van der Waals surface area contributed by atoms with Gasteiger partial charge in [-0.15, -0.1) is 0 Å². The van der Waals surface area contributed by atoms with Crippen molar-refractivity contribution in [2.75, 3.05) is 19.6 Å². The van der Waals surface area contributed by atoms with Gasteiger partial charge in [-0.25, -0.2) is 0 Å². The van der Waals surface area contributed by atoms with Crippen molar-refractivity contribution in [1.82, 2.24) is 20.0 Å². The number of rotatable bonds is 5. The Morgan fingerprint density at radius 1 is 1.32 bits per heavy atom. The Balaban J connectivity index is 1.25. The molecule has 1 N–H and O–H groups in total. The zero-order valence-corrected chi connectivity index (χ0v) is 13.4. The second kappa shape index (κ2) is 5.69. The van der Waals surface area contributed by atoms with Crippen molar-refractivity contribution >= 4 is 5.91 Å². The van der Waals surface area contributed by atoms with Crippen LogP contribution in [0.2, 0.25) is 0 Å². The third-order valence-corrected chi connectivity index (χ3v) is 5.62. The van der Waals surface area contributed by atoms with Crippen molar-refractivity contribution in [2.24, 2.45) is 30.7 Å². The van der Waals surface area contributed by atoms with Gasteiger partial charge in [0.25, 0.3) is 0 Å². The highest BCUT2D eigenvalue weighted by Crippen LogP contribution is 2.42. The molecule has 0 radical (unpaired) electrons. The van der Waals surface area contributed by atoms with Gasteiger partial charge in [-0.05, 0) is 43.4 Å². The summed E-state index contributed by atoms with van der Waals surface area (Å²) in [6.07, 6.45) is 8.85. The minimum absolute atomic E-state index is 0.272. The summed E-state index contributed by atoms with van der Waals surface area (Å²) in [5, 5.41) is 7.41. The van der Waals surface area contributed by atoms with Gasteiger partial charge in [0.2, 0.25) is 5.91 Å². The number of carbonyl (C=O) groups excluding carboxylic acids is 1. The molecule has 1 aliphatic heterocycles. The number of nitrogens with zero attached hydrogens (tertiary/aromatic N) is 3. The third-order valence-electron chi connectivity index (χ3n) is 5.62. The van der Waals surface area contributed by atoms with Gasteiger partial charge < -0.3 is 5.32 Å². The van der Waals surface area contributed by atoms with Crippen LogP contribution in [0.1, 0.15) is 31.2 Å². The average Bonchev–Trinajstić information content (AvgIpc) is 2.92. The highest BCUT2D eigenvalue weighted by Gasteiger charge is 2.43. The van der Waals surface area contributed by atoms with Gasteiger partial charge in [0, 0.05) is 50.9 Å². The van der Waals surface area contributed by atoms with E-state index in [-0.39, 0.29) is 5.92 Å². The Kier molecular flexibility index (Phi) is 3.68. The molecule has 1 amide bonds. The summed E-state index contributed by atoms with van der Waals surface area (Å²) in [6.45, 7) is 4.20. The highest BCUT2D eigenvalue weighted by molar-refractivity contribution is 5.79. The van der Waals surface area contributed by atoms with Crippen LogP contribution in [0.5, 0.6) is 0 Å². The maximum absolute atomic E-state index is 12.2. The van der Waals surface area contributed by atoms with Crippen molar-refractivity contribution in [2.45, 2.75) is 32.2 Å². The number of aromatic nitrogens is 2. The van der Waals surface area contributed by atoms with E-state index in [0.717, 1.165) is 44.9 Å². The van der Waals surface area contributed by atoms with E-state index >= 15 is 0 Å². The lowest BCUT2D eigenvalue weighted by Crippen LogP contribution is -2.32. The first-order valence-corrected chi connectivity index (χ1v) is 8.65. The molecule has 0 bridgehead atoms. The zero-order chi connectivity index (χ0) is 15.1. The molecule has 1 unspecified atom stereocenters. The molecule has 120 valence electrons. The molecule has 3 fully saturated rings. The van der Waals surface area contributed by atoms with Gasteiger partial charge in [0.1, 0.15) is 0 Å². The molecule has 1 aromatic rings. The summed E-state index contributed by atoms with van der Waals surface area (Å²) in [6, 6.07) is 0. The summed E-state index contributed by atoms with van der Waals surface area (Å²) in [4.78, 5) is 14.8. The number of amides is 1. The third kappa shape index (κ3) is 3.05. The van der Waals surface area contributed by atoms with Crippen molar-refractivity contribution in [3.8, 4) is 0 Å². The fourth-order valence-corrected chi connectivity index (χ4v) is 4.26. The van der Waals surface area contributed by atoms with Gasteiger partial charge in [-0.3, -0.25) is 14.4 Å². The van der Waals surface area contributed by atoms with E-state index in [9.17, 15) is 4.79 Å². The van der Waals surface area contributed by atoms with E-state index in [1.165, 1.54) is 18.4 Å². The smallest absolute Gasteiger partial charge is 0.223 e. The maximum atomic E-state index is 12.2.